The first kappa shape index (κ1) is 12.1. The summed E-state index contributed by atoms with van der Waals surface area (Å²) in [5, 5.41) is 0.504. The Kier molecular flexibility index (Phi) is 2.57. The van der Waals surface area contributed by atoms with Crippen LogP contribution in [-0.4, -0.2) is 9.97 Å². The molecule has 1 aromatic carbocycles. The lowest BCUT2D eigenvalue weighted by Crippen LogP contribution is -2.14. The maximum atomic E-state index is 14.5. The van der Waals surface area contributed by atoms with Crippen LogP contribution in [0.4, 0.5) is 4.39 Å². The molecule has 1 aliphatic rings. The highest BCUT2D eigenvalue weighted by molar-refractivity contribution is 5.86. The number of hydrogen-bond acceptors (Lipinski definition) is 1. The fourth-order valence-corrected chi connectivity index (χ4v) is 2.86. The molecular formula is C17H13FN2O. The Morgan fingerprint density at radius 3 is 2.86 bits per heavy atom. The fraction of sp³-hybridized carbons (Fsp3) is 0.118. The number of H-pyrrole nitrogens is 2. The van der Waals surface area contributed by atoms with E-state index in [0.717, 1.165) is 24.1 Å². The van der Waals surface area contributed by atoms with Gasteiger partial charge >= 0.3 is 0 Å². The molecule has 0 atom stereocenters. The first-order chi connectivity index (χ1) is 10.2. The molecule has 0 aliphatic heterocycles. The van der Waals surface area contributed by atoms with E-state index in [0.29, 0.717) is 16.5 Å². The van der Waals surface area contributed by atoms with Crippen molar-refractivity contribution in [2.45, 2.75) is 12.8 Å². The highest BCUT2D eigenvalue weighted by atomic mass is 19.1. The van der Waals surface area contributed by atoms with E-state index in [2.05, 4.69) is 9.97 Å². The van der Waals surface area contributed by atoms with Crippen LogP contribution >= 0.6 is 0 Å². The molecule has 0 amide bonds. The molecule has 3 aromatic rings. The Morgan fingerprint density at radius 1 is 1.14 bits per heavy atom. The Bertz CT molecular complexity index is 934. The summed E-state index contributed by atoms with van der Waals surface area (Å²) in [6.07, 6.45) is 5.73. The topological polar surface area (TPSA) is 48.6 Å². The third-order valence-corrected chi connectivity index (χ3v) is 3.93. The van der Waals surface area contributed by atoms with E-state index >= 15 is 0 Å². The molecule has 3 nitrogen and oxygen atoms in total. The number of hydrogen-bond donors (Lipinski definition) is 2. The van der Waals surface area contributed by atoms with E-state index in [9.17, 15) is 9.18 Å². The van der Waals surface area contributed by atoms with Crippen LogP contribution < -0.4 is 5.56 Å². The number of pyridine rings is 1. The Hall–Kier alpha value is -2.62. The lowest BCUT2D eigenvalue weighted by atomic mass is 9.99. The Labute approximate surface area is 120 Å². The maximum Gasteiger partial charge on any atom is 0.257 e. The molecule has 0 spiro atoms. The van der Waals surface area contributed by atoms with E-state index in [1.165, 1.54) is 0 Å². The normalized spacial score (nSPS) is 13.6. The van der Waals surface area contributed by atoms with Gasteiger partial charge in [-0.1, -0.05) is 18.2 Å². The van der Waals surface area contributed by atoms with Gasteiger partial charge in [-0.05, 0) is 42.7 Å². The lowest BCUT2D eigenvalue weighted by Gasteiger charge is -2.11. The SMILES string of the molecule is O=c1[nH]c2c(cc1-c1[nH]c3ccccc3c1F)CCC=C2. The zero-order valence-corrected chi connectivity index (χ0v) is 11.2. The number of benzene rings is 1. The van der Waals surface area contributed by atoms with Gasteiger partial charge in [0, 0.05) is 16.6 Å². The predicted octanol–water partition coefficient (Wildman–Crippen LogP) is 3.62. The van der Waals surface area contributed by atoms with Crippen molar-refractivity contribution in [2.24, 2.45) is 0 Å². The van der Waals surface area contributed by atoms with Crippen LogP contribution in [0, 0.1) is 5.82 Å². The summed E-state index contributed by atoms with van der Waals surface area (Å²) in [4.78, 5) is 18.1. The molecule has 21 heavy (non-hydrogen) atoms. The smallest absolute Gasteiger partial charge is 0.257 e. The molecule has 104 valence electrons. The largest absolute Gasteiger partial charge is 0.352 e. The number of allylic oxidation sites excluding steroid dienone is 1. The number of aromatic nitrogens is 2. The van der Waals surface area contributed by atoms with Crippen molar-refractivity contribution in [3.05, 3.63) is 63.8 Å². The average Bonchev–Trinajstić information content (AvgIpc) is 2.84. The highest BCUT2D eigenvalue weighted by Gasteiger charge is 2.17. The minimum absolute atomic E-state index is 0.259. The van der Waals surface area contributed by atoms with Gasteiger partial charge in [-0.2, -0.15) is 0 Å². The number of nitrogens with one attached hydrogen (secondary N) is 2. The van der Waals surface area contributed by atoms with Crippen LogP contribution in [-0.2, 0) is 6.42 Å². The van der Waals surface area contributed by atoms with E-state index in [4.69, 9.17) is 0 Å². The summed E-state index contributed by atoms with van der Waals surface area (Å²) in [7, 11) is 0. The van der Waals surface area contributed by atoms with Gasteiger partial charge in [0.05, 0.1) is 11.3 Å². The molecule has 0 saturated carbocycles. The average molecular weight is 280 g/mol. The van der Waals surface area contributed by atoms with Crippen molar-refractivity contribution >= 4 is 17.0 Å². The monoisotopic (exact) mass is 280 g/mol. The molecule has 2 N–H and O–H groups in total. The maximum absolute atomic E-state index is 14.5. The van der Waals surface area contributed by atoms with Gasteiger partial charge in [-0.25, -0.2) is 4.39 Å². The summed E-state index contributed by atoms with van der Waals surface area (Å²) in [5.41, 5.74) is 2.91. The van der Waals surface area contributed by atoms with E-state index < -0.39 is 0 Å². The highest BCUT2D eigenvalue weighted by Crippen LogP contribution is 2.28. The third-order valence-electron chi connectivity index (χ3n) is 3.93. The molecule has 0 bridgehead atoms. The first-order valence-corrected chi connectivity index (χ1v) is 6.93. The molecular weight excluding hydrogens is 267 g/mol. The van der Waals surface area contributed by atoms with E-state index in [1.54, 1.807) is 24.3 Å². The van der Waals surface area contributed by atoms with Crippen molar-refractivity contribution in [1.29, 1.82) is 0 Å². The Morgan fingerprint density at radius 2 is 2.00 bits per heavy atom. The first-order valence-electron chi connectivity index (χ1n) is 6.93. The number of halogens is 1. The van der Waals surface area contributed by atoms with Gasteiger partial charge in [-0.3, -0.25) is 4.79 Å². The Balaban J connectivity index is 1.99. The lowest BCUT2D eigenvalue weighted by molar-refractivity contribution is 0.642. The van der Waals surface area contributed by atoms with Crippen molar-refractivity contribution in [1.82, 2.24) is 9.97 Å². The van der Waals surface area contributed by atoms with Crippen LogP contribution in [0.1, 0.15) is 17.7 Å². The number of rotatable bonds is 1. The van der Waals surface area contributed by atoms with Crippen molar-refractivity contribution in [3.8, 4) is 11.3 Å². The molecule has 4 heteroatoms. The van der Waals surface area contributed by atoms with Crippen LogP contribution in [0.2, 0.25) is 0 Å². The summed E-state index contributed by atoms with van der Waals surface area (Å²) in [5.74, 6) is -0.373. The second kappa shape index (κ2) is 4.45. The van der Waals surface area contributed by atoms with Gasteiger partial charge in [-0.15, -0.1) is 0 Å². The van der Waals surface area contributed by atoms with Gasteiger partial charge in [0.1, 0.15) is 0 Å². The number of aromatic amines is 2. The summed E-state index contributed by atoms with van der Waals surface area (Å²) >= 11 is 0. The van der Waals surface area contributed by atoms with Crippen LogP contribution in [0.3, 0.4) is 0 Å². The molecule has 1 aliphatic carbocycles. The standard InChI is InChI=1S/C17H13FN2O/c18-15-11-6-2-4-8-14(11)19-16(15)12-9-10-5-1-3-7-13(10)20-17(12)21/h2-4,6-9,19H,1,5H2,(H,20,21). The molecule has 2 heterocycles. The minimum Gasteiger partial charge on any atom is -0.352 e. The van der Waals surface area contributed by atoms with Crippen LogP contribution in [0.15, 0.2) is 41.2 Å². The van der Waals surface area contributed by atoms with E-state index in [-0.39, 0.29) is 17.1 Å². The van der Waals surface area contributed by atoms with Crippen LogP contribution in [0.25, 0.3) is 28.2 Å². The minimum atomic E-state index is -0.373. The van der Waals surface area contributed by atoms with Crippen molar-refractivity contribution in [3.63, 3.8) is 0 Å². The second-order valence-corrected chi connectivity index (χ2v) is 5.25. The number of aryl methyl sites for hydroxylation is 1. The van der Waals surface area contributed by atoms with E-state index in [1.807, 2.05) is 18.2 Å². The summed E-state index contributed by atoms with van der Waals surface area (Å²) < 4.78 is 14.5. The predicted molar refractivity (Wildman–Crippen MR) is 81.7 cm³/mol. The van der Waals surface area contributed by atoms with Crippen LogP contribution in [0.5, 0.6) is 0 Å². The van der Waals surface area contributed by atoms with Gasteiger partial charge in [0.2, 0.25) is 0 Å². The summed E-state index contributed by atoms with van der Waals surface area (Å²) in [6.45, 7) is 0. The van der Waals surface area contributed by atoms with Crippen molar-refractivity contribution in [2.75, 3.05) is 0 Å². The van der Waals surface area contributed by atoms with Crippen molar-refractivity contribution < 1.29 is 4.39 Å². The molecule has 2 aromatic heterocycles. The quantitative estimate of drug-likeness (QED) is 0.702. The molecule has 0 saturated heterocycles. The van der Waals surface area contributed by atoms with Gasteiger partial charge < -0.3 is 9.97 Å². The molecule has 4 rings (SSSR count). The molecule has 0 fully saturated rings. The zero-order chi connectivity index (χ0) is 14.4. The molecule has 0 radical (unpaired) electrons. The zero-order valence-electron chi connectivity index (χ0n) is 11.2. The summed E-state index contributed by atoms with van der Waals surface area (Å²) in [6, 6.07) is 8.93. The van der Waals surface area contributed by atoms with Gasteiger partial charge in [0.15, 0.2) is 5.82 Å². The number of para-hydroxylation sites is 1. The third kappa shape index (κ3) is 1.83. The fourth-order valence-electron chi connectivity index (χ4n) is 2.86. The van der Waals surface area contributed by atoms with Gasteiger partial charge in [0.25, 0.3) is 5.56 Å². The molecule has 0 unspecified atom stereocenters. The second-order valence-electron chi connectivity index (χ2n) is 5.25. The number of fused-ring (bicyclic) bond motifs is 2.